The Morgan fingerprint density at radius 3 is 2.90 bits per heavy atom. The van der Waals surface area contributed by atoms with Crippen molar-refractivity contribution in [3.63, 3.8) is 0 Å². The quantitative estimate of drug-likeness (QED) is 0.671. The number of benzene rings is 1. The molecule has 0 aliphatic heterocycles. The van der Waals surface area contributed by atoms with E-state index in [4.69, 9.17) is 0 Å². The van der Waals surface area contributed by atoms with Gasteiger partial charge in [-0.3, -0.25) is 5.32 Å². The Bertz CT molecular complexity index is 775. The van der Waals surface area contributed by atoms with Crippen LogP contribution in [0.4, 0.5) is 15.6 Å². The van der Waals surface area contributed by atoms with Gasteiger partial charge in [-0.25, -0.2) is 9.78 Å². The largest absolute Gasteiger partial charge is 0.361 e. The fraction of sp³-hybridized carbons (Fsp3) is 0.200. The number of fused-ring (bicyclic) bond motifs is 1. The third-order valence-corrected chi connectivity index (χ3v) is 4.34. The number of rotatable bonds is 3. The number of nitrogens with one attached hydrogen (secondary N) is 3. The summed E-state index contributed by atoms with van der Waals surface area (Å²) in [6, 6.07) is 7.40. The molecule has 0 bridgehead atoms. The van der Waals surface area contributed by atoms with Crippen LogP contribution in [-0.4, -0.2) is 16.0 Å². The molecule has 21 heavy (non-hydrogen) atoms. The average molecular weight is 300 g/mol. The first-order valence-electron chi connectivity index (χ1n) is 6.72. The van der Waals surface area contributed by atoms with E-state index in [2.05, 4.69) is 34.4 Å². The molecule has 0 saturated heterocycles. The fourth-order valence-corrected chi connectivity index (χ4v) is 2.82. The van der Waals surface area contributed by atoms with Gasteiger partial charge in [0, 0.05) is 33.9 Å². The summed E-state index contributed by atoms with van der Waals surface area (Å²) in [7, 11) is 0. The van der Waals surface area contributed by atoms with E-state index in [1.165, 1.54) is 11.3 Å². The highest BCUT2D eigenvalue weighted by atomic mass is 32.1. The Kier molecular flexibility index (Phi) is 3.62. The SMILES string of the molecule is CC(C)c1cnc(NC(=O)Nc2ccc3[nH]ccc3c2)s1. The molecule has 6 heteroatoms. The maximum Gasteiger partial charge on any atom is 0.325 e. The molecule has 1 aromatic carbocycles. The van der Waals surface area contributed by atoms with Crippen LogP contribution >= 0.6 is 11.3 Å². The van der Waals surface area contributed by atoms with Gasteiger partial charge >= 0.3 is 6.03 Å². The smallest absolute Gasteiger partial charge is 0.325 e. The summed E-state index contributed by atoms with van der Waals surface area (Å²) in [5.41, 5.74) is 1.79. The number of hydrogen-bond acceptors (Lipinski definition) is 3. The topological polar surface area (TPSA) is 69.8 Å². The normalized spacial score (nSPS) is 11.0. The number of carbonyl (C=O) groups is 1. The first kappa shape index (κ1) is 13.6. The number of urea groups is 1. The Hall–Kier alpha value is -2.34. The molecule has 0 aliphatic rings. The van der Waals surface area contributed by atoms with Crippen molar-refractivity contribution in [1.29, 1.82) is 0 Å². The first-order valence-corrected chi connectivity index (χ1v) is 7.54. The van der Waals surface area contributed by atoms with E-state index in [0.29, 0.717) is 11.0 Å². The zero-order chi connectivity index (χ0) is 14.8. The Labute approximate surface area is 126 Å². The molecule has 3 rings (SSSR count). The first-order chi connectivity index (χ1) is 10.1. The van der Waals surface area contributed by atoms with Gasteiger partial charge in [0.1, 0.15) is 0 Å². The number of aromatic amines is 1. The molecule has 3 N–H and O–H groups in total. The van der Waals surface area contributed by atoms with Gasteiger partial charge in [0.25, 0.3) is 0 Å². The molecule has 0 aliphatic carbocycles. The monoisotopic (exact) mass is 300 g/mol. The molecule has 0 radical (unpaired) electrons. The number of anilines is 2. The van der Waals surface area contributed by atoms with E-state index in [0.717, 1.165) is 21.5 Å². The predicted molar refractivity (Wildman–Crippen MR) is 87.1 cm³/mol. The number of H-pyrrole nitrogens is 1. The van der Waals surface area contributed by atoms with Gasteiger partial charge in [-0.1, -0.05) is 13.8 Å². The van der Waals surface area contributed by atoms with Gasteiger partial charge in [-0.05, 0) is 30.2 Å². The number of amides is 2. The average Bonchev–Trinajstić information content (AvgIpc) is 3.06. The van der Waals surface area contributed by atoms with Gasteiger partial charge in [0.2, 0.25) is 0 Å². The predicted octanol–water partition coefficient (Wildman–Crippen LogP) is 4.39. The lowest BCUT2D eigenvalue weighted by molar-refractivity contribution is 0.262. The van der Waals surface area contributed by atoms with E-state index in [-0.39, 0.29) is 6.03 Å². The van der Waals surface area contributed by atoms with Crippen LogP contribution in [0.5, 0.6) is 0 Å². The van der Waals surface area contributed by atoms with Crippen LogP contribution in [-0.2, 0) is 0 Å². The highest BCUT2D eigenvalue weighted by Gasteiger charge is 2.09. The fourth-order valence-electron chi connectivity index (χ4n) is 2.00. The molecule has 2 heterocycles. The van der Waals surface area contributed by atoms with Gasteiger partial charge in [0.05, 0.1) is 0 Å². The van der Waals surface area contributed by atoms with Crippen molar-refractivity contribution in [2.75, 3.05) is 10.6 Å². The molecule has 5 nitrogen and oxygen atoms in total. The second-order valence-corrected chi connectivity index (χ2v) is 6.14. The Morgan fingerprint density at radius 1 is 1.29 bits per heavy atom. The molecule has 108 valence electrons. The second kappa shape index (κ2) is 5.57. The van der Waals surface area contributed by atoms with Gasteiger partial charge < -0.3 is 10.3 Å². The van der Waals surface area contributed by atoms with Crippen LogP contribution < -0.4 is 10.6 Å². The lowest BCUT2D eigenvalue weighted by atomic mass is 10.2. The molecule has 0 atom stereocenters. The molecular formula is C15H16N4OS. The highest BCUT2D eigenvalue weighted by molar-refractivity contribution is 7.15. The lowest BCUT2D eigenvalue weighted by Crippen LogP contribution is -2.19. The van der Waals surface area contributed by atoms with Crippen molar-refractivity contribution in [3.05, 3.63) is 41.5 Å². The number of aromatic nitrogens is 2. The lowest BCUT2D eigenvalue weighted by Gasteiger charge is -2.05. The minimum atomic E-state index is -0.283. The molecule has 0 saturated carbocycles. The minimum Gasteiger partial charge on any atom is -0.361 e. The molecule has 0 spiro atoms. The van der Waals surface area contributed by atoms with E-state index < -0.39 is 0 Å². The van der Waals surface area contributed by atoms with Crippen LogP contribution in [0.25, 0.3) is 10.9 Å². The van der Waals surface area contributed by atoms with Crippen LogP contribution in [0.3, 0.4) is 0 Å². The standard InChI is InChI=1S/C15H16N4OS/c1-9(2)13-8-17-15(21-13)19-14(20)18-11-3-4-12-10(7-11)5-6-16-12/h3-9,16H,1-2H3,(H2,17,18,19,20). The molecule has 2 amide bonds. The summed E-state index contributed by atoms with van der Waals surface area (Å²) in [5.74, 6) is 0.414. The van der Waals surface area contributed by atoms with E-state index >= 15 is 0 Å². The van der Waals surface area contributed by atoms with Crippen molar-refractivity contribution >= 4 is 39.1 Å². The summed E-state index contributed by atoms with van der Waals surface area (Å²) in [6.07, 6.45) is 3.67. The minimum absolute atomic E-state index is 0.283. The van der Waals surface area contributed by atoms with Gasteiger partial charge in [-0.15, -0.1) is 11.3 Å². The van der Waals surface area contributed by atoms with Crippen LogP contribution in [0.2, 0.25) is 0 Å². The Balaban J connectivity index is 1.67. The van der Waals surface area contributed by atoms with E-state index in [1.54, 1.807) is 6.20 Å². The summed E-state index contributed by atoms with van der Waals surface area (Å²) in [6.45, 7) is 4.20. The number of hydrogen-bond donors (Lipinski definition) is 3. The Morgan fingerprint density at radius 2 is 2.14 bits per heavy atom. The van der Waals surface area contributed by atoms with Crippen molar-refractivity contribution in [1.82, 2.24) is 9.97 Å². The summed E-state index contributed by atoms with van der Waals surface area (Å²) >= 11 is 1.50. The zero-order valence-corrected chi connectivity index (χ0v) is 12.6. The molecule has 0 fully saturated rings. The van der Waals surface area contributed by atoms with Crippen molar-refractivity contribution in [2.24, 2.45) is 0 Å². The molecular weight excluding hydrogens is 284 g/mol. The summed E-state index contributed by atoms with van der Waals surface area (Å²) in [4.78, 5) is 20.4. The zero-order valence-electron chi connectivity index (χ0n) is 11.8. The number of carbonyl (C=O) groups excluding carboxylic acids is 1. The van der Waals surface area contributed by atoms with Crippen molar-refractivity contribution < 1.29 is 4.79 Å². The van der Waals surface area contributed by atoms with Crippen LogP contribution in [0.1, 0.15) is 24.6 Å². The maximum absolute atomic E-state index is 12.0. The number of thiazole rings is 1. The highest BCUT2D eigenvalue weighted by Crippen LogP contribution is 2.25. The number of nitrogens with zero attached hydrogens (tertiary/aromatic N) is 1. The second-order valence-electron chi connectivity index (χ2n) is 5.08. The van der Waals surface area contributed by atoms with Gasteiger partial charge in [-0.2, -0.15) is 0 Å². The van der Waals surface area contributed by atoms with Gasteiger partial charge in [0.15, 0.2) is 5.13 Å². The summed E-state index contributed by atoms with van der Waals surface area (Å²) < 4.78 is 0. The molecule has 3 aromatic rings. The molecule has 2 aromatic heterocycles. The van der Waals surface area contributed by atoms with E-state index in [1.807, 2.05) is 30.5 Å². The van der Waals surface area contributed by atoms with E-state index in [9.17, 15) is 4.79 Å². The van der Waals surface area contributed by atoms with Crippen molar-refractivity contribution in [3.8, 4) is 0 Å². The third-order valence-electron chi connectivity index (χ3n) is 3.12. The third kappa shape index (κ3) is 3.05. The maximum atomic E-state index is 12.0. The van der Waals surface area contributed by atoms with Crippen LogP contribution in [0.15, 0.2) is 36.7 Å². The van der Waals surface area contributed by atoms with Crippen molar-refractivity contribution in [2.45, 2.75) is 19.8 Å². The summed E-state index contributed by atoms with van der Waals surface area (Å²) in [5, 5.41) is 7.24. The molecule has 0 unspecified atom stereocenters. The van der Waals surface area contributed by atoms with Crippen LogP contribution in [0, 0.1) is 0 Å².